The molecule has 0 N–H and O–H groups in total. The van der Waals surface area contributed by atoms with Gasteiger partial charge in [0.25, 0.3) is 0 Å². The number of likely N-dealkylation sites (tertiary alicyclic amines) is 1. The summed E-state index contributed by atoms with van der Waals surface area (Å²) in [4.78, 5) is 13.2. The maximum absolute atomic E-state index is 12.7. The van der Waals surface area contributed by atoms with E-state index in [1.165, 1.54) is 17.0 Å². The van der Waals surface area contributed by atoms with Crippen molar-refractivity contribution >= 4 is 16.1 Å². The topological polar surface area (TPSA) is 54.5 Å². The van der Waals surface area contributed by atoms with Crippen LogP contribution in [0.25, 0.3) is 0 Å². The van der Waals surface area contributed by atoms with Gasteiger partial charge in [-0.2, -0.15) is 8.42 Å². The molecule has 1 fully saturated rings. The molecule has 0 aromatic heterocycles. The second kappa shape index (κ2) is 5.87. The molecule has 1 atom stereocenters. The monoisotopic (exact) mass is 303 g/mol. The molecule has 1 saturated heterocycles. The zero-order valence-corrected chi connectivity index (χ0v) is 11.6. The summed E-state index contributed by atoms with van der Waals surface area (Å²) in [7, 11) is -4.55. The molecule has 0 bridgehead atoms. The van der Waals surface area contributed by atoms with E-state index in [2.05, 4.69) is 0 Å². The molecule has 20 heavy (non-hydrogen) atoms. The fourth-order valence-corrected chi connectivity index (χ4v) is 3.16. The Kier molecular flexibility index (Phi) is 4.37. The minimum absolute atomic E-state index is 0.0621. The minimum Gasteiger partial charge on any atom is -0.342 e. The molecule has 0 aliphatic carbocycles. The third-order valence-corrected chi connectivity index (χ3v) is 4.18. The molecule has 1 amide bonds. The molecule has 1 aromatic rings. The van der Waals surface area contributed by atoms with Crippen molar-refractivity contribution in [3.63, 3.8) is 0 Å². The molecule has 1 heterocycles. The largest absolute Gasteiger partial charge is 0.342 e. The van der Waals surface area contributed by atoms with Gasteiger partial charge in [-0.25, -0.2) is 4.39 Å². The first kappa shape index (κ1) is 14.9. The zero-order valence-electron chi connectivity index (χ0n) is 10.8. The van der Waals surface area contributed by atoms with Crippen LogP contribution < -0.4 is 0 Å². The van der Waals surface area contributed by atoms with Gasteiger partial charge in [-0.3, -0.25) is 4.79 Å². The Labute approximate surface area is 116 Å². The van der Waals surface area contributed by atoms with Crippen molar-refractivity contribution in [2.24, 2.45) is 5.92 Å². The lowest BCUT2D eigenvalue weighted by Crippen LogP contribution is -2.28. The van der Waals surface area contributed by atoms with Gasteiger partial charge in [0.15, 0.2) is 0 Å². The molecule has 1 aromatic carbocycles. The quantitative estimate of drug-likeness (QED) is 0.775. The highest BCUT2D eigenvalue weighted by Crippen LogP contribution is 2.20. The molecule has 0 spiro atoms. The molecule has 110 valence electrons. The smallest absolute Gasteiger partial charge is 0.302 e. The van der Waals surface area contributed by atoms with Crippen molar-refractivity contribution in [2.75, 3.05) is 18.8 Å². The molecule has 1 aliphatic heterocycles. The Morgan fingerprint density at radius 2 is 1.90 bits per heavy atom. The van der Waals surface area contributed by atoms with E-state index in [-0.39, 0.29) is 24.7 Å². The normalized spacial score (nSPS) is 19.6. The molecule has 4 nitrogen and oxygen atoms in total. The van der Waals surface area contributed by atoms with Gasteiger partial charge in [0.2, 0.25) is 5.91 Å². The molecular formula is C13H15F2NO3S. The van der Waals surface area contributed by atoms with Crippen LogP contribution in [0.1, 0.15) is 12.0 Å². The number of hydrogen-bond donors (Lipinski definition) is 0. The van der Waals surface area contributed by atoms with E-state index in [4.69, 9.17) is 0 Å². The van der Waals surface area contributed by atoms with Crippen LogP contribution in [0.5, 0.6) is 0 Å². The van der Waals surface area contributed by atoms with Crippen LogP contribution in [-0.4, -0.2) is 38.1 Å². The highest BCUT2D eigenvalue weighted by Gasteiger charge is 2.32. The zero-order chi connectivity index (χ0) is 14.8. The second-order valence-corrected chi connectivity index (χ2v) is 6.40. The Morgan fingerprint density at radius 3 is 2.50 bits per heavy atom. The first-order valence-electron chi connectivity index (χ1n) is 6.28. The highest BCUT2D eigenvalue weighted by molar-refractivity contribution is 7.86. The number of amides is 1. The third kappa shape index (κ3) is 4.26. The van der Waals surface area contributed by atoms with Crippen molar-refractivity contribution in [3.05, 3.63) is 35.6 Å². The van der Waals surface area contributed by atoms with E-state index in [1.54, 1.807) is 12.1 Å². The molecular weight excluding hydrogens is 288 g/mol. The van der Waals surface area contributed by atoms with E-state index in [1.807, 2.05) is 0 Å². The van der Waals surface area contributed by atoms with E-state index < -0.39 is 21.9 Å². The summed E-state index contributed by atoms with van der Waals surface area (Å²) in [5.74, 6) is -1.57. The lowest BCUT2D eigenvalue weighted by molar-refractivity contribution is -0.127. The van der Waals surface area contributed by atoms with Gasteiger partial charge in [0, 0.05) is 25.4 Å². The number of nitrogens with zero attached hydrogens (tertiary/aromatic N) is 1. The summed E-state index contributed by atoms with van der Waals surface area (Å²) in [6.07, 6.45) is 0.619. The maximum atomic E-state index is 12.7. The Bertz CT molecular complexity index is 586. The summed E-state index contributed by atoms with van der Waals surface area (Å²) >= 11 is 0. The van der Waals surface area contributed by atoms with Crippen molar-refractivity contribution < 1.29 is 21.5 Å². The van der Waals surface area contributed by atoms with Gasteiger partial charge in [-0.1, -0.05) is 12.1 Å². The van der Waals surface area contributed by atoms with E-state index in [0.717, 1.165) is 5.56 Å². The molecule has 0 saturated carbocycles. The minimum atomic E-state index is -4.55. The Hall–Kier alpha value is -1.50. The van der Waals surface area contributed by atoms with Gasteiger partial charge in [0.05, 0.1) is 5.75 Å². The van der Waals surface area contributed by atoms with E-state index >= 15 is 0 Å². The van der Waals surface area contributed by atoms with Gasteiger partial charge in [0.1, 0.15) is 5.82 Å². The fraction of sp³-hybridized carbons (Fsp3) is 0.462. The number of rotatable bonds is 5. The molecule has 7 heteroatoms. The van der Waals surface area contributed by atoms with Crippen molar-refractivity contribution in [1.82, 2.24) is 4.90 Å². The van der Waals surface area contributed by atoms with Crippen molar-refractivity contribution in [3.8, 4) is 0 Å². The van der Waals surface area contributed by atoms with Gasteiger partial charge in [-0.15, -0.1) is 3.89 Å². The number of carbonyl (C=O) groups is 1. The van der Waals surface area contributed by atoms with Crippen LogP contribution in [-0.2, 0) is 21.4 Å². The van der Waals surface area contributed by atoms with Crippen molar-refractivity contribution in [2.45, 2.75) is 12.8 Å². The number of hydrogen-bond acceptors (Lipinski definition) is 3. The highest BCUT2D eigenvalue weighted by atomic mass is 32.3. The Balaban J connectivity index is 1.87. The van der Waals surface area contributed by atoms with Crippen LogP contribution in [0, 0.1) is 11.7 Å². The van der Waals surface area contributed by atoms with Gasteiger partial charge >= 0.3 is 10.2 Å². The Morgan fingerprint density at radius 1 is 1.25 bits per heavy atom. The summed E-state index contributed by atoms with van der Waals surface area (Å²) in [6, 6.07) is 5.97. The van der Waals surface area contributed by atoms with Gasteiger partial charge in [-0.05, 0) is 24.1 Å². The number of halogens is 2. The fourth-order valence-electron chi connectivity index (χ4n) is 2.38. The standard InChI is InChI=1S/C13H15F2NO3S/c14-12-3-1-10(2-4-12)5-6-16-8-11(7-13(16)17)9-20(15,18)19/h1-4,11H,5-9H2. The molecule has 1 unspecified atom stereocenters. The lowest BCUT2D eigenvalue weighted by atomic mass is 10.1. The SMILES string of the molecule is O=C1CC(CS(=O)(=O)F)CN1CCc1ccc(F)cc1. The molecule has 1 aliphatic rings. The first-order valence-corrected chi connectivity index (χ1v) is 7.83. The predicted octanol–water partition coefficient (Wildman–Crippen LogP) is 1.52. The maximum Gasteiger partial charge on any atom is 0.302 e. The lowest BCUT2D eigenvalue weighted by Gasteiger charge is -2.16. The average Bonchev–Trinajstić information content (AvgIpc) is 2.66. The summed E-state index contributed by atoms with van der Waals surface area (Å²) in [5, 5.41) is 0. The van der Waals surface area contributed by atoms with Crippen LogP contribution in [0.4, 0.5) is 8.28 Å². The number of benzene rings is 1. The van der Waals surface area contributed by atoms with Gasteiger partial charge < -0.3 is 4.90 Å². The van der Waals surface area contributed by atoms with Crippen LogP contribution in [0.2, 0.25) is 0 Å². The molecule has 2 rings (SSSR count). The van der Waals surface area contributed by atoms with E-state index in [0.29, 0.717) is 13.0 Å². The molecule has 0 radical (unpaired) electrons. The van der Waals surface area contributed by atoms with Crippen LogP contribution >= 0.6 is 0 Å². The van der Waals surface area contributed by atoms with Crippen LogP contribution in [0.15, 0.2) is 24.3 Å². The average molecular weight is 303 g/mol. The summed E-state index contributed by atoms with van der Waals surface area (Å²) in [5.41, 5.74) is 0.890. The third-order valence-electron chi connectivity index (χ3n) is 3.31. The number of carbonyl (C=O) groups excluding carboxylic acids is 1. The van der Waals surface area contributed by atoms with Crippen LogP contribution in [0.3, 0.4) is 0 Å². The second-order valence-electron chi connectivity index (χ2n) is 4.99. The van der Waals surface area contributed by atoms with Crippen molar-refractivity contribution in [1.29, 1.82) is 0 Å². The first-order chi connectivity index (χ1) is 9.33. The summed E-state index contributed by atoms with van der Waals surface area (Å²) < 4.78 is 46.5. The van der Waals surface area contributed by atoms with E-state index in [9.17, 15) is 21.5 Å². The predicted molar refractivity (Wildman–Crippen MR) is 69.7 cm³/mol. The summed E-state index contributed by atoms with van der Waals surface area (Å²) in [6.45, 7) is 0.677.